The fraction of sp³-hybridized carbons (Fsp3) is 0.208. The lowest BCUT2D eigenvalue weighted by atomic mass is 9.89. The lowest BCUT2D eigenvalue weighted by molar-refractivity contribution is -0.115. The lowest BCUT2D eigenvalue weighted by Gasteiger charge is -2.33. The summed E-state index contributed by atoms with van der Waals surface area (Å²) in [6.07, 6.45) is 5.85. The van der Waals surface area contributed by atoms with E-state index < -0.39 is 5.91 Å². The number of allylic oxidation sites excluding steroid dienone is 2. The normalized spacial score (nSPS) is 16.7. The molecule has 2 aliphatic rings. The number of ketones is 2. The van der Waals surface area contributed by atoms with E-state index >= 15 is 0 Å². The Morgan fingerprint density at radius 3 is 2.20 bits per heavy atom. The first-order valence-electron chi connectivity index (χ1n) is 10.0. The third-order valence-electron chi connectivity index (χ3n) is 5.34. The Morgan fingerprint density at radius 2 is 1.53 bits per heavy atom. The highest BCUT2D eigenvalue weighted by Crippen LogP contribution is 2.29. The van der Waals surface area contributed by atoms with E-state index in [1.807, 2.05) is 4.90 Å². The summed E-state index contributed by atoms with van der Waals surface area (Å²) in [5.74, 6) is -0.937. The van der Waals surface area contributed by atoms with Crippen molar-refractivity contribution in [3.05, 3.63) is 82.7 Å². The molecule has 0 radical (unpaired) electrons. The minimum absolute atomic E-state index is 0.0426. The monoisotopic (exact) mass is 402 g/mol. The Kier molecular flexibility index (Phi) is 5.48. The first-order chi connectivity index (χ1) is 14.5. The van der Waals surface area contributed by atoms with E-state index in [-0.39, 0.29) is 28.7 Å². The number of rotatable bonds is 4. The van der Waals surface area contributed by atoms with Gasteiger partial charge in [0.25, 0.3) is 0 Å². The van der Waals surface area contributed by atoms with Crippen LogP contribution in [0.5, 0.6) is 5.75 Å². The Bertz CT molecular complexity index is 1060. The topological polar surface area (TPSA) is 86.7 Å². The number of carbonyl (C=O) groups excluding carboxylic acids is 3. The molecule has 1 aliphatic heterocycles. The van der Waals surface area contributed by atoms with Crippen LogP contribution in [-0.2, 0) is 4.79 Å². The molecule has 0 unspecified atom stereocenters. The van der Waals surface area contributed by atoms with Gasteiger partial charge in [-0.15, -0.1) is 0 Å². The third kappa shape index (κ3) is 3.89. The summed E-state index contributed by atoms with van der Waals surface area (Å²) < 4.78 is 0. The van der Waals surface area contributed by atoms with Crippen LogP contribution < -0.4 is 5.32 Å². The number of likely N-dealkylation sites (tertiary alicyclic amines) is 1. The maximum Gasteiger partial charge on any atom is 0.248 e. The number of benzene rings is 2. The van der Waals surface area contributed by atoms with Gasteiger partial charge in [-0.2, -0.15) is 0 Å². The summed E-state index contributed by atoms with van der Waals surface area (Å²) in [6.45, 7) is 1.36. The van der Waals surface area contributed by atoms with E-state index in [2.05, 4.69) is 5.32 Å². The summed E-state index contributed by atoms with van der Waals surface area (Å²) in [7, 11) is 0. The molecule has 6 nitrogen and oxygen atoms in total. The van der Waals surface area contributed by atoms with E-state index in [0.717, 1.165) is 24.8 Å². The Hall–Kier alpha value is -3.67. The molecule has 1 fully saturated rings. The number of aromatic hydroxyl groups is 1. The van der Waals surface area contributed by atoms with Gasteiger partial charge in [-0.25, -0.2) is 0 Å². The van der Waals surface area contributed by atoms with Gasteiger partial charge in [0.15, 0.2) is 0 Å². The largest absolute Gasteiger partial charge is 0.508 e. The number of nitrogens with one attached hydrogen (secondary N) is 1. The van der Waals surface area contributed by atoms with Crippen molar-refractivity contribution in [1.82, 2.24) is 10.2 Å². The zero-order valence-corrected chi connectivity index (χ0v) is 16.4. The molecule has 30 heavy (non-hydrogen) atoms. The maximum atomic E-state index is 13.2. The van der Waals surface area contributed by atoms with Crippen molar-refractivity contribution in [2.45, 2.75) is 19.3 Å². The number of carbonyl (C=O) groups is 3. The number of piperidine rings is 1. The number of amides is 1. The highest BCUT2D eigenvalue weighted by atomic mass is 16.3. The number of hydrogen-bond donors (Lipinski definition) is 2. The Balaban J connectivity index is 1.66. The van der Waals surface area contributed by atoms with Crippen LogP contribution in [0.15, 0.2) is 66.0 Å². The van der Waals surface area contributed by atoms with Crippen LogP contribution >= 0.6 is 0 Å². The Morgan fingerprint density at radius 1 is 0.900 bits per heavy atom. The van der Waals surface area contributed by atoms with Crippen LogP contribution in [0.2, 0.25) is 0 Å². The highest BCUT2D eigenvalue weighted by Gasteiger charge is 2.36. The van der Waals surface area contributed by atoms with Crippen molar-refractivity contribution < 1.29 is 19.5 Å². The van der Waals surface area contributed by atoms with Crippen LogP contribution in [0, 0.1) is 0 Å². The van der Waals surface area contributed by atoms with Gasteiger partial charge in [-0.1, -0.05) is 36.4 Å². The molecule has 1 amide bonds. The van der Waals surface area contributed by atoms with Crippen molar-refractivity contribution in [2.24, 2.45) is 0 Å². The minimum atomic E-state index is -0.492. The van der Waals surface area contributed by atoms with Gasteiger partial charge in [0, 0.05) is 30.3 Å². The summed E-state index contributed by atoms with van der Waals surface area (Å²) in [5, 5.41) is 12.0. The molecular weight excluding hydrogens is 380 g/mol. The summed E-state index contributed by atoms with van der Waals surface area (Å²) in [4.78, 5) is 40.9. The second kappa shape index (κ2) is 8.37. The van der Waals surface area contributed by atoms with E-state index in [4.69, 9.17) is 0 Å². The predicted octanol–water partition coefficient (Wildman–Crippen LogP) is 3.30. The highest BCUT2D eigenvalue weighted by molar-refractivity contribution is 6.27. The SMILES string of the molecule is O=C(C=Cc1ccc(O)cc1)NC1=C(N2CCCCC2)C(=O)c2ccccc2C1=O. The van der Waals surface area contributed by atoms with Crippen molar-refractivity contribution in [3.63, 3.8) is 0 Å². The molecule has 0 aromatic heterocycles. The van der Waals surface area contributed by atoms with Crippen LogP contribution in [0.1, 0.15) is 45.5 Å². The van der Waals surface area contributed by atoms with E-state index in [0.29, 0.717) is 24.2 Å². The molecule has 152 valence electrons. The molecule has 4 rings (SSSR count). The van der Waals surface area contributed by atoms with Gasteiger partial charge in [-0.3, -0.25) is 14.4 Å². The zero-order valence-electron chi connectivity index (χ0n) is 16.4. The molecule has 2 aromatic rings. The molecule has 1 saturated heterocycles. The molecule has 6 heteroatoms. The van der Waals surface area contributed by atoms with Crippen molar-refractivity contribution in [2.75, 3.05) is 13.1 Å². The second-order valence-electron chi connectivity index (χ2n) is 7.39. The van der Waals surface area contributed by atoms with Crippen LogP contribution in [0.3, 0.4) is 0 Å². The fourth-order valence-electron chi connectivity index (χ4n) is 3.82. The fourth-order valence-corrected chi connectivity index (χ4v) is 3.82. The van der Waals surface area contributed by atoms with Gasteiger partial charge in [0.05, 0.1) is 0 Å². The number of hydrogen-bond acceptors (Lipinski definition) is 5. The first-order valence-corrected chi connectivity index (χ1v) is 10.0. The zero-order chi connectivity index (χ0) is 21.1. The summed E-state index contributed by atoms with van der Waals surface area (Å²) >= 11 is 0. The minimum Gasteiger partial charge on any atom is -0.508 e. The molecule has 0 atom stereocenters. The van der Waals surface area contributed by atoms with Gasteiger partial charge in [0.2, 0.25) is 17.5 Å². The van der Waals surface area contributed by atoms with Crippen molar-refractivity contribution >= 4 is 23.5 Å². The van der Waals surface area contributed by atoms with Gasteiger partial charge < -0.3 is 15.3 Å². The molecular formula is C24H22N2O4. The average Bonchev–Trinajstić information content (AvgIpc) is 2.78. The molecule has 1 heterocycles. The molecule has 2 aromatic carbocycles. The standard InChI is InChI=1S/C24H22N2O4/c27-17-11-8-16(9-12-17)10-13-20(28)25-21-22(26-14-4-1-5-15-26)24(30)19-7-3-2-6-18(19)23(21)29/h2-3,6-13,27H,1,4-5,14-15H2,(H,25,28). The van der Waals surface area contributed by atoms with Crippen molar-refractivity contribution in [3.8, 4) is 5.75 Å². The Labute approximate surface area is 174 Å². The van der Waals surface area contributed by atoms with Crippen LogP contribution in [-0.4, -0.2) is 40.6 Å². The lowest BCUT2D eigenvalue weighted by Crippen LogP contribution is -2.41. The number of fused-ring (bicyclic) bond motifs is 1. The summed E-state index contributed by atoms with van der Waals surface area (Å²) in [5.41, 5.74) is 1.73. The molecule has 0 spiro atoms. The van der Waals surface area contributed by atoms with E-state index in [1.165, 1.54) is 18.2 Å². The smallest absolute Gasteiger partial charge is 0.248 e. The van der Waals surface area contributed by atoms with E-state index in [9.17, 15) is 19.5 Å². The number of phenols is 1. The number of nitrogens with zero attached hydrogens (tertiary/aromatic N) is 1. The molecule has 1 aliphatic carbocycles. The second-order valence-corrected chi connectivity index (χ2v) is 7.39. The van der Waals surface area contributed by atoms with E-state index in [1.54, 1.807) is 42.5 Å². The molecule has 0 saturated carbocycles. The van der Waals surface area contributed by atoms with Crippen LogP contribution in [0.25, 0.3) is 6.08 Å². The van der Waals surface area contributed by atoms with Gasteiger partial charge >= 0.3 is 0 Å². The van der Waals surface area contributed by atoms with Gasteiger partial charge in [-0.05, 0) is 43.0 Å². The summed E-state index contributed by atoms with van der Waals surface area (Å²) in [6, 6.07) is 13.1. The average molecular weight is 402 g/mol. The number of phenolic OH excluding ortho intramolecular Hbond substituents is 1. The first kappa shape index (κ1) is 19.6. The quantitative estimate of drug-likeness (QED) is 0.767. The maximum absolute atomic E-state index is 13.2. The predicted molar refractivity (Wildman–Crippen MR) is 113 cm³/mol. The number of Topliss-reactive ketones (excluding diaryl/α,β-unsaturated/α-hetero) is 2. The van der Waals surface area contributed by atoms with Crippen molar-refractivity contribution in [1.29, 1.82) is 0 Å². The van der Waals surface area contributed by atoms with Gasteiger partial charge in [0.1, 0.15) is 17.1 Å². The van der Waals surface area contributed by atoms with Crippen LogP contribution in [0.4, 0.5) is 0 Å². The molecule has 2 N–H and O–H groups in total. The molecule has 0 bridgehead atoms. The third-order valence-corrected chi connectivity index (χ3v) is 5.34.